The van der Waals surface area contributed by atoms with Gasteiger partial charge in [0.1, 0.15) is 10.8 Å². The van der Waals surface area contributed by atoms with Crippen molar-refractivity contribution < 1.29 is 19.1 Å². The first-order valence-corrected chi connectivity index (χ1v) is 11.8. The topological polar surface area (TPSA) is 76.7 Å². The molecule has 10 heteroatoms. The quantitative estimate of drug-likeness (QED) is 0.408. The largest absolute Gasteiger partial charge is 0.479 e. The zero-order chi connectivity index (χ0) is 22.5. The number of anilines is 1. The van der Waals surface area contributed by atoms with Gasteiger partial charge in [0.05, 0.1) is 17.2 Å². The molecule has 31 heavy (non-hydrogen) atoms. The van der Waals surface area contributed by atoms with Gasteiger partial charge >= 0.3 is 5.97 Å². The highest BCUT2D eigenvalue weighted by molar-refractivity contribution is 7.80. The summed E-state index contributed by atoms with van der Waals surface area (Å²) in [5, 5.41) is 7.03. The first-order valence-electron chi connectivity index (χ1n) is 9.85. The summed E-state index contributed by atoms with van der Waals surface area (Å²) in [5.41, 5.74) is 1.52. The molecule has 0 saturated heterocycles. The number of benzene rings is 1. The van der Waals surface area contributed by atoms with E-state index < -0.39 is 12.0 Å². The Morgan fingerprint density at radius 3 is 2.71 bits per heavy atom. The highest BCUT2D eigenvalue weighted by Crippen LogP contribution is 2.38. The van der Waals surface area contributed by atoms with Crippen LogP contribution in [0.4, 0.5) is 5.00 Å². The van der Waals surface area contributed by atoms with Gasteiger partial charge in [-0.25, -0.2) is 4.79 Å². The number of carbonyl (C=O) groups excluding carboxylic acids is 2. The summed E-state index contributed by atoms with van der Waals surface area (Å²) in [7, 11) is 0. The van der Waals surface area contributed by atoms with E-state index in [1.54, 1.807) is 26.0 Å². The summed E-state index contributed by atoms with van der Waals surface area (Å²) >= 11 is 18.7. The van der Waals surface area contributed by atoms with E-state index in [2.05, 4.69) is 10.6 Å². The molecule has 1 heterocycles. The maximum atomic E-state index is 12.5. The van der Waals surface area contributed by atoms with Crippen molar-refractivity contribution in [2.75, 3.05) is 11.9 Å². The number of fused-ring (bicyclic) bond motifs is 1. The van der Waals surface area contributed by atoms with Crippen LogP contribution in [-0.4, -0.2) is 29.7 Å². The zero-order valence-corrected chi connectivity index (χ0v) is 20.2. The smallest absolute Gasteiger partial charge is 0.341 e. The van der Waals surface area contributed by atoms with Gasteiger partial charge in [-0.3, -0.25) is 10.1 Å². The monoisotopic (exact) mass is 500 g/mol. The molecule has 6 nitrogen and oxygen atoms in total. The van der Waals surface area contributed by atoms with Gasteiger partial charge in [0.25, 0.3) is 5.91 Å². The van der Waals surface area contributed by atoms with Crippen molar-refractivity contribution in [1.29, 1.82) is 0 Å². The molecule has 2 aromatic rings. The minimum absolute atomic E-state index is 0.0757. The molecule has 1 atom stereocenters. The second-order valence-corrected chi connectivity index (χ2v) is 9.27. The summed E-state index contributed by atoms with van der Waals surface area (Å²) in [4.78, 5) is 26.2. The first-order chi connectivity index (χ1) is 14.8. The molecule has 166 valence electrons. The fraction of sp³-hybridized carbons (Fsp3) is 0.381. The number of hydrogen-bond acceptors (Lipinski definition) is 6. The number of aryl methyl sites for hydroxylation is 1. The second kappa shape index (κ2) is 10.6. The van der Waals surface area contributed by atoms with E-state index in [0.29, 0.717) is 26.4 Å². The Morgan fingerprint density at radius 2 is 2.00 bits per heavy atom. The molecular weight excluding hydrogens is 479 g/mol. The molecule has 2 N–H and O–H groups in total. The van der Waals surface area contributed by atoms with Crippen LogP contribution in [-0.2, 0) is 22.4 Å². The number of thiophene rings is 1. The predicted molar refractivity (Wildman–Crippen MR) is 128 cm³/mol. The van der Waals surface area contributed by atoms with Crippen molar-refractivity contribution >= 4 is 68.7 Å². The van der Waals surface area contributed by atoms with Gasteiger partial charge < -0.3 is 14.8 Å². The third kappa shape index (κ3) is 5.88. The van der Waals surface area contributed by atoms with Gasteiger partial charge in [0.2, 0.25) is 0 Å². The van der Waals surface area contributed by atoms with E-state index in [4.69, 9.17) is 44.9 Å². The lowest BCUT2D eigenvalue weighted by Gasteiger charge is -2.16. The molecule has 3 rings (SSSR count). The highest BCUT2D eigenvalue weighted by Gasteiger charge is 2.27. The van der Waals surface area contributed by atoms with Crippen LogP contribution in [0, 0.1) is 0 Å². The third-order valence-corrected chi connectivity index (χ3v) is 6.62. The third-order valence-electron chi connectivity index (χ3n) is 4.68. The van der Waals surface area contributed by atoms with E-state index in [-0.39, 0.29) is 17.7 Å². The number of carbonyl (C=O) groups is 2. The number of ether oxygens (including phenoxy) is 2. The number of esters is 1. The molecular formula is C21H22Cl2N2O4S2. The van der Waals surface area contributed by atoms with Crippen molar-refractivity contribution in [2.24, 2.45) is 0 Å². The lowest BCUT2D eigenvalue weighted by molar-refractivity contribution is -0.125. The van der Waals surface area contributed by atoms with Crippen molar-refractivity contribution in [1.82, 2.24) is 5.32 Å². The molecule has 0 saturated carbocycles. The molecule has 0 spiro atoms. The average molecular weight is 501 g/mol. The molecule has 0 radical (unpaired) electrons. The average Bonchev–Trinajstić information content (AvgIpc) is 3.07. The van der Waals surface area contributed by atoms with Crippen LogP contribution in [0.5, 0.6) is 5.75 Å². The Morgan fingerprint density at radius 1 is 1.26 bits per heavy atom. The Labute approximate surface area is 200 Å². The SMILES string of the molecule is CCOC(=O)c1c(NC(=S)NC(=O)C(C)Oc2ccc(Cl)cc2Cl)sc2c1CCCC2. The van der Waals surface area contributed by atoms with Gasteiger partial charge in [-0.2, -0.15) is 0 Å². The standard InChI is InChI=1S/C21H22Cl2N2O4S2/c1-3-28-20(27)17-13-6-4-5-7-16(13)31-19(17)25-21(30)24-18(26)11(2)29-15-9-8-12(22)10-14(15)23/h8-11H,3-7H2,1-2H3,(H2,24,25,26,30). The van der Waals surface area contributed by atoms with Gasteiger partial charge in [0.15, 0.2) is 11.2 Å². The van der Waals surface area contributed by atoms with E-state index in [9.17, 15) is 9.59 Å². The summed E-state index contributed by atoms with van der Waals surface area (Å²) in [6.07, 6.45) is 2.99. The minimum Gasteiger partial charge on any atom is -0.479 e. The number of halogens is 2. The fourth-order valence-corrected chi connectivity index (χ4v) is 5.24. The number of nitrogens with one attached hydrogen (secondary N) is 2. The van der Waals surface area contributed by atoms with Crippen LogP contribution in [0.3, 0.4) is 0 Å². The highest BCUT2D eigenvalue weighted by atomic mass is 35.5. The number of thiocarbonyl (C=S) groups is 1. The minimum atomic E-state index is -0.862. The Hall–Kier alpha value is -1.87. The molecule has 1 unspecified atom stereocenters. The number of amides is 1. The molecule has 0 bridgehead atoms. The maximum absolute atomic E-state index is 12.5. The lowest BCUT2D eigenvalue weighted by Crippen LogP contribution is -2.42. The zero-order valence-electron chi connectivity index (χ0n) is 17.1. The van der Waals surface area contributed by atoms with Crippen molar-refractivity contribution in [3.63, 3.8) is 0 Å². The van der Waals surface area contributed by atoms with Crippen molar-refractivity contribution in [3.8, 4) is 5.75 Å². The van der Waals surface area contributed by atoms with Crippen LogP contribution in [0.25, 0.3) is 0 Å². The Kier molecular flexibility index (Phi) is 8.16. The van der Waals surface area contributed by atoms with Gasteiger partial charge in [-0.1, -0.05) is 23.2 Å². The Bertz CT molecular complexity index is 1010. The number of rotatable bonds is 6. The van der Waals surface area contributed by atoms with E-state index in [1.165, 1.54) is 17.4 Å². The van der Waals surface area contributed by atoms with Gasteiger partial charge in [-0.15, -0.1) is 11.3 Å². The van der Waals surface area contributed by atoms with Crippen LogP contribution in [0.1, 0.15) is 47.5 Å². The van der Waals surface area contributed by atoms with E-state index in [1.807, 2.05) is 0 Å². The number of hydrogen-bond donors (Lipinski definition) is 2. The fourth-order valence-electron chi connectivity index (χ4n) is 3.24. The van der Waals surface area contributed by atoms with Gasteiger partial charge in [0, 0.05) is 9.90 Å². The van der Waals surface area contributed by atoms with E-state index >= 15 is 0 Å². The van der Waals surface area contributed by atoms with Crippen molar-refractivity contribution in [2.45, 2.75) is 45.6 Å². The van der Waals surface area contributed by atoms with Gasteiger partial charge in [-0.05, 0) is 75.5 Å². The molecule has 1 aliphatic carbocycles. The summed E-state index contributed by atoms with van der Waals surface area (Å²) in [6.45, 7) is 3.63. The lowest BCUT2D eigenvalue weighted by atomic mass is 9.95. The molecule has 1 aromatic carbocycles. The summed E-state index contributed by atoms with van der Waals surface area (Å²) < 4.78 is 10.8. The van der Waals surface area contributed by atoms with Crippen LogP contribution >= 0.6 is 46.8 Å². The molecule has 0 aliphatic heterocycles. The molecule has 1 aliphatic rings. The molecule has 0 fully saturated rings. The first kappa shape index (κ1) is 23.8. The van der Waals surface area contributed by atoms with Crippen LogP contribution in [0.15, 0.2) is 18.2 Å². The predicted octanol–water partition coefficient (Wildman–Crippen LogP) is 5.39. The maximum Gasteiger partial charge on any atom is 0.341 e. The van der Waals surface area contributed by atoms with Crippen LogP contribution in [0.2, 0.25) is 10.0 Å². The molecule has 1 aromatic heterocycles. The molecule has 1 amide bonds. The van der Waals surface area contributed by atoms with E-state index in [0.717, 1.165) is 36.1 Å². The van der Waals surface area contributed by atoms with Crippen molar-refractivity contribution in [3.05, 3.63) is 44.2 Å². The van der Waals surface area contributed by atoms with Crippen LogP contribution < -0.4 is 15.4 Å². The summed E-state index contributed by atoms with van der Waals surface area (Å²) in [5.74, 6) is -0.502. The summed E-state index contributed by atoms with van der Waals surface area (Å²) in [6, 6.07) is 4.74. The Balaban J connectivity index is 1.68. The second-order valence-electron chi connectivity index (χ2n) is 6.91. The normalized spacial score (nSPS) is 13.7.